The molecule has 1 aromatic rings. The smallest absolute Gasteiger partial charge is 0.171 e. The first-order valence-electron chi connectivity index (χ1n) is 3.74. The Labute approximate surface area is 90.3 Å². The van der Waals surface area contributed by atoms with Gasteiger partial charge in [-0.15, -0.1) is 0 Å². The molecule has 0 fully saturated rings. The number of aromatic nitrogens is 2. The van der Waals surface area contributed by atoms with Crippen LogP contribution in [0.1, 0.15) is 6.92 Å². The molecule has 0 saturated carbocycles. The summed E-state index contributed by atoms with van der Waals surface area (Å²) in [6, 6.07) is 0. The molecular formula is C7H9BrN4S. The van der Waals surface area contributed by atoms with Crippen molar-refractivity contribution >= 4 is 39.1 Å². The van der Waals surface area contributed by atoms with Crippen LogP contribution in [-0.2, 0) is 0 Å². The third kappa shape index (κ3) is 3.65. The number of halogens is 1. The lowest BCUT2D eigenvalue weighted by Crippen LogP contribution is -2.28. The second-order valence-electron chi connectivity index (χ2n) is 2.21. The molecule has 0 spiro atoms. The van der Waals surface area contributed by atoms with Gasteiger partial charge in [-0.25, -0.2) is 9.97 Å². The average Bonchev–Trinajstić information content (AvgIpc) is 2.09. The predicted molar refractivity (Wildman–Crippen MR) is 59.6 cm³/mol. The van der Waals surface area contributed by atoms with E-state index in [4.69, 9.17) is 12.2 Å². The standard InChI is InChI=1S/C7H9BrN4S/c1-2-9-7(13)12-6-4-10-5(8)3-11-6/h3-4H,2H2,1H3,(H2,9,11,12,13). The Kier molecular flexibility index (Phi) is 4.04. The van der Waals surface area contributed by atoms with E-state index in [1.165, 1.54) is 0 Å². The monoisotopic (exact) mass is 260 g/mol. The molecule has 0 amide bonds. The van der Waals surface area contributed by atoms with Crippen molar-refractivity contribution in [2.75, 3.05) is 11.9 Å². The maximum Gasteiger partial charge on any atom is 0.171 e. The molecule has 0 radical (unpaired) electrons. The zero-order valence-corrected chi connectivity index (χ0v) is 9.44. The predicted octanol–water partition coefficient (Wildman–Crippen LogP) is 1.55. The molecule has 6 heteroatoms. The topological polar surface area (TPSA) is 49.8 Å². The number of nitrogens with one attached hydrogen (secondary N) is 2. The van der Waals surface area contributed by atoms with Gasteiger partial charge in [-0.2, -0.15) is 0 Å². The van der Waals surface area contributed by atoms with Crippen LogP contribution in [0.25, 0.3) is 0 Å². The fourth-order valence-corrected chi connectivity index (χ4v) is 1.15. The van der Waals surface area contributed by atoms with Crippen molar-refractivity contribution in [3.8, 4) is 0 Å². The maximum absolute atomic E-state index is 4.97. The Morgan fingerprint density at radius 3 is 2.85 bits per heavy atom. The van der Waals surface area contributed by atoms with Crippen LogP contribution >= 0.6 is 28.1 Å². The average molecular weight is 261 g/mol. The largest absolute Gasteiger partial charge is 0.363 e. The van der Waals surface area contributed by atoms with Gasteiger partial charge in [0.25, 0.3) is 0 Å². The summed E-state index contributed by atoms with van der Waals surface area (Å²) in [7, 11) is 0. The summed E-state index contributed by atoms with van der Waals surface area (Å²) in [6.45, 7) is 2.76. The lowest BCUT2D eigenvalue weighted by Gasteiger charge is -2.06. The molecule has 2 N–H and O–H groups in total. The second-order valence-corrected chi connectivity index (χ2v) is 3.43. The number of hydrogen-bond donors (Lipinski definition) is 2. The zero-order valence-electron chi connectivity index (χ0n) is 7.04. The van der Waals surface area contributed by atoms with Crippen molar-refractivity contribution in [2.45, 2.75) is 6.92 Å². The highest BCUT2D eigenvalue weighted by atomic mass is 79.9. The fraction of sp³-hybridized carbons (Fsp3) is 0.286. The van der Waals surface area contributed by atoms with Crippen molar-refractivity contribution in [3.05, 3.63) is 17.0 Å². The quantitative estimate of drug-likeness (QED) is 0.791. The Morgan fingerprint density at radius 1 is 1.54 bits per heavy atom. The molecule has 0 unspecified atom stereocenters. The van der Waals surface area contributed by atoms with E-state index in [0.29, 0.717) is 15.5 Å². The van der Waals surface area contributed by atoms with Crippen molar-refractivity contribution in [3.63, 3.8) is 0 Å². The molecule has 0 aliphatic heterocycles. The summed E-state index contributed by atoms with van der Waals surface area (Å²) >= 11 is 8.16. The molecule has 0 aromatic carbocycles. The molecule has 0 saturated heterocycles. The number of thiocarbonyl (C=S) groups is 1. The van der Waals surface area contributed by atoms with Crippen LogP contribution in [0.2, 0.25) is 0 Å². The molecule has 1 aromatic heterocycles. The lowest BCUT2D eigenvalue weighted by atomic mass is 10.6. The highest BCUT2D eigenvalue weighted by Gasteiger charge is 1.96. The van der Waals surface area contributed by atoms with Gasteiger partial charge in [0.1, 0.15) is 4.60 Å². The number of anilines is 1. The molecule has 0 bridgehead atoms. The van der Waals surface area contributed by atoms with Gasteiger partial charge in [-0.3, -0.25) is 0 Å². The Balaban J connectivity index is 2.54. The Morgan fingerprint density at radius 2 is 2.31 bits per heavy atom. The second kappa shape index (κ2) is 5.08. The summed E-state index contributed by atoms with van der Waals surface area (Å²) < 4.78 is 0.701. The fourth-order valence-electron chi connectivity index (χ4n) is 0.698. The van der Waals surface area contributed by atoms with Gasteiger partial charge in [0, 0.05) is 6.54 Å². The van der Waals surface area contributed by atoms with E-state index in [9.17, 15) is 0 Å². The van der Waals surface area contributed by atoms with E-state index in [2.05, 4.69) is 36.5 Å². The van der Waals surface area contributed by atoms with Crippen LogP contribution < -0.4 is 10.6 Å². The van der Waals surface area contributed by atoms with Gasteiger partial charge in [0.05, 0.1) is 12.4 Å². The van der Waals surface area contributed by atoms with E-state index >= 15 is 0 Å². The van der Waals surface area contributed by atoms with Gasteiger partial charge in [-0.05, 0) is 35.1 Å². The van der Waals surface area contributed by atoms with E-state index in [0.717, 1.165) is 6.54 Å². The first-order chi connectivity index (χ1) is 6.22. The summed E-state index contributed by atoms with van der Waals surface area (Å²) in [4.78, 5) is 8.05. The molecular weight excluding hydrogens is 252 g/mol. The SMILES string of the molecule is CCNC(=S)Nc1cnc(Br)cn1. The van der Waals surface area contributed by atoms with E-state index in [1.54, 1.807) is 12.4 Å². The van der Waals surface area contributed by atoms with Crippen LogP contribution in [0.5, 0.6) is 0 Å². The Hall–Kier alpha value is -0.750. The van der Waals surface area contributed by atoms with Crippen LogP contribution in [0.3, 0.4) is 0 Å². The molecule has 4 nitrogen and oxygen atoms in total. The summed E-state index contributed by atoms with van der Waals surface area (Å²) in [6.07, 6.45) is 3.21. The number of rotatable bonds is 2. The molecule has 70 valence electrons. The summed E-state index contributed by atoms with van der Waals surface area (Å²) in [5.74, 6) is 0.633. The lowest BCUT2D eigenvalue weighted by molar-refractivity contribution is 0.977. The molecule has 0 aliphatic rings. The minimum Gasteiger partial charge on any atom is -0.363 e. The first kappa shape index (κ1) is 10.3. The van der Waals surface area contributed by atoms with Crippen molar-refractivity contribution in [1.29, 1.82) is 0 Å². The van der Waals surface area contributed by atoms with E-state index in [1.807, 2.05) is 6.92 Å². The molecule has 1 rings (SSSR count). The molecule has 0 atom stereocenters. The highest BCUT2D eigenvalue weighted by Crippen LogP contribution is 2.05. The van der Waals surface area contributed by atoms with Crippen molar-refractivity contribution in [2.24, 2.45) is 0 Å². The van der Waals surface area contributed by atoms with Crippen molar-refractivity contribution < 1.29 is 0 Å². The van der Waals surface area contributed by atoms with Gasteiger partial charge in [0.2, 0.25) is 0 Å². The maximum atomic E-state index is 4.97. The first-order valence-corrected chi connectivity index (χ1v) is 4.95. The van der Waals surface area contributed by atoms with Gasteiger partial charge >= 0.3 is 0 Å². The van der Waals surface area contributed by atoms with Crippen LogP contribution in [-0.4, -0.2) is 21.6 Å². The zero-order chi connectivity index (χ0) is 9.68. The third-order valence-electron chi connectivity index (χ3n) is 1.20. The number of hydrogen-bond acceptors (Lipinski definition) is 3. The van der Waals surface area contributed by atoms with Crippen LogP contribution in [0.15, 0.2) is 17.0 Å². The van der Waals surface area contributed by atoms with Gasteiger partial charge in [0.15, 0.2) is 10.9 Å². The van der Waals surface area contributed by atoms with E-state index in [-0.39, 0.29) is 0 Å². The minimum atomic E-state index is 0.555. The van der Waals surface area contributed by atoms with E-state index < -0.39 is 0 Å². The molecule has 0 aliphatic carbocycles. The minimum absolute atomic E-state index is 0.555. The third-order valence-corrected chi connectivity index (χ3v) is 1.86. The van der Waals surface area contributed by atoms with Gasteiger partial charge in [-0.1, -0.05) is 0 Å². The molecule has 13 heavy (non-hydrogen) atoms. The Bertz CT molecular complexity index is 287. The molecule has 1 heterocycles. The number of nitrogens with zero attached hydrogens (tertiary/aromatic N) is 2. The van der Waals surface area contributed by atoms with Gasteiger partial charge < -0.3 is 10.6 Å². The summed E-state index contributed by atoms with van der Waals surface area (Å²) in [5, 5.41) is 6.40. The van der Waals surface area contributed by atoms with Crippen LogP contribution in [0.4, 0.5) is 5.82 Å². The summed E-state index contributed by atoms with van der Waals surface area (Å²) in [5.41, 5.74) is 0. The van der Waals surface area contributed by atoms with Crippen LogP contribution in [0, 0.1) is 0 Å². The highest BCUT2D eigenvalue weighted by molar-refractivity contribution is 9.10. The normalized spacial score (nSPS) is 9.38. The van der Waals surface area contributed by atoms with Crippen molar-refractivity contribution in [1.82, 2.24) is 15.3 Å².